The Morgan fingerprint density at radius 1 is 1.23 bits per heavy atom. The topological polar surface area (TPSA) is 44.9 Å². The first kappa shape index (κ1) is 14.5. The van der Waals surface area contributed by atoms with Crippen LogP contribution in [0.25, 0.3) is 10.9 Å². The average molecular weight is 336 g/mol. The summed E-state index contributed by atoms with van der Waals surface area (Å²) in [4.78, 5) is 15.6. The monoisotopic (exact) mass is 336 g/mol. The van der Waals surface area contributed by atoms with Gasteiger partial charge in [-0.05, 0) is 37.1 Å². The van der Waals surface area contributed by atoms with Crippen LogP contribution in [0.3, 0.4) is 0 Å². The molecule has 2 heterocycles. The number of amides is 1. The quantitative estimate of drug-likeness (QED) is 0.883. The summed E-state index contributed by atoms with van der Waals surface area (Å²) in [6.45, 7) is 0. The minimum Gasteiger partial charge on any atom is -0.351 e. The molecule has 1 saturated carbocycles. The summed E-state index contributed by atoms with van der Waals surface area (Å²) in [5.41, 5.74) is 1.30. The number of H-pyrrole nitrogens is 1. The van der Waals surface area contributed by atoms with Gasteiger partial charge in [-0.1, -0.05) is 0 Å². The van der Waals surface area contributed by atoms with Crippen molar-refractivity contribution >= 4 is 40.3 Å². The first-order valence-electron chi connectivity index (χ1n) is 7.53. The van der Waals surface area contributed by atoms with E-state index in [4.69, 9.17) is 0 Å². The third kappa shape index (κ3) is 2.63. The summed E-state index contributed by atoms with van der Waals surface area (Å²) in [6, 6.07) is 6.49. The molecule has 1 amide bonds. The molecule has 2 fully saturated rings. The molecule has 1 saturated heterocycles. The van der Waals surface area contributed by atoms with Crippen molar-refractivity contribution in [1.29, 1.82) is 0 Å². The summed E-state index contributed by atoms with van der Waals surface area (Å²) < 4.78 is 13.2. The third-order valence-corrected chi connectivity index (χ3v) is 7.70. The van der Waals surface area contributed by atoms with Gasteiger partial charge in [-0.25, -0.2) is 4.39 Å². The maximum absolute atomic E-state index is 13.2. The number of halogens is 1. The van der Waals surface area contributed by atoms with E-state index in [1.54, 1.807) is 12.1 Å². The highest BCUT2D eigenvalue weighted by molar-refractivity contribution is 8.07. The van der Waals surface area contributed by atoms with Crippen molar-refractivity contribution in [2.45, 2.75) is 29.4 Å². The molecule has 2 N–H and O–H groups in total. The molecule has 6 heteroatoms. The zero-order chi connectivity index (χ0) is 15.1. The van der Waals surface area contributed by atoms with E-state index >= 15 is 0 Å². The number of aromatic amines is 1. The van der Waals surface area contributed by atoms with E-state index in [1.165, 1.54) is 30.1 Å². The molecule has 3 atom stereocenters. The SMILES string of the molecule is O=C(N[C@@H]1CC[C@H]2SCCS[C@@H]12)c1cc2cc(F)ccc2[nH]1. The van der Waals surface area contributed by atoms with E-state index in [0.717, 1.165) is 17.3 Å². The van der Waals surface area contributed by atoms with E-state index < -0.39 is 0 Å². The fraction of sp³-hybridized carbons (Fsp3) is 0.438. The highest BCUT2D eigenvalue weighted by Crippen LogP contribution is 2.42. The van der Waals surface area contributed by atoms with Crippen molar-refractivity contribution in [2.75, 3.05) is 11.5 Å². The lowest BCUT2D eigenvalue weighted by Crippen LogP contribution is -2.42. The number of nitrogens with one attached hydrogen (secondary N) is 2. The molecule has 4 rings (SSSR count). The van der Waals surface area contributed by atoms with Crippen LogP contribution in [0.2, 0.25) is 0 Å². The predicted octanol–water partition coefficient (Wildman–Crippen LogP) is 3.42. The van der Waals surface area contributed by atoms with Gasteiger partial charge in [-0.2, -0.15) is 23.5 Å². The highest BCUT2D eigenvalue weighted by Gasteiger charge is 2.39. The lowest BCUT2D eigenvalue weighted by atomic mass is 10.2. The molecule has 0 bridgehead atoms. The molecule has 1 aromatic carbocycles. The molecule has 1 aliphatic carbocycles. The molecular weight excluding hydrogens is 319 g/mol. The van der Waals surface area contributed by atoms with Crippen LogP contribution in [0.1, 0.15) is 23.3 Å². The third-order valence-electron chi connectivity index (χ3n) is 4.39. The zero-order valence-electron chi connectivity index (χ0n) is 12.0. The van der Waals surface area contributed by atoms with Crippen LogP contribution < -0.4 is 5.32 Å². The predicted molar refractivity (Wildman–Crippen MR) is 91.2 cm³/mol. The van der Waals surface area contributed by atoms with E-state index in [-0.39, 0.29) is 17.8 Å². The van der Waals surface area contributed by atoms with Crippen molar-refractivity contribution < 1.29 is 9.18 Å². The van der Waals surface area contributed by atoms with Gasteiger partial charge in [-0.3, -0.25) is 4.79 Å². The molecular formula is C16H17FN2OS2. The molecule has 0 spiro atoms. The maximum atomic E-state index is 13.2. The number of thioether (sulfide) groups is 2. The smallest absolute Gasteiger partial charge is 0.267 e. The first-order chi connectivity index (χ1) is 10.7. The second-order valence-electron chi connectivity index (χ2n) is 5.82. The number of rotatable bonds is 2. The molecule has 3 nitrogen and oxygen atoms in total. The number of carbonyl (C=O) groups is 1. The number of aromatic nitrogens is 1. The Bertz CT molecular complexity index is 717. The van der Waals surface area contributed by atoms with Gasteiger partial charge < -0.3 is 10.3 Å². The summed E-state index contributed by atoms with van der Waals surface area (Å²) in [5.74, 6) is 2.02. The lowest BCUT2D eigenvalue weighted by Gasteiger charge is -2.28. The first-order valence-corrected chi connectivity index (χ1v) is 9.63. The van der Waals surface area contributed by atoms with Gasteiger partial charge in [0.05, 0.1) is 0 Å². The van der Waals surface area contributed by atoms with Gasteiger partial charge in [0.15, 0.2) is 0 Å². The second-order valence-corrected chi connectivity index (χ2v) is 8.45. The highest BCUT2D eigenvalue weighted by atomic mass is 32.2. The van der Waals surface area contributed by atoms with Crippen LogP contribution in [0, 0.1) is 5.82 Å². The summed E-state index contributed by atoms with van der Waals surface area (Å²) in [5, 5.41) is 5.12. The summed E-state index contributed by atoms with van der Waals surface area (Å²) in [7, 11) is 0. The van der Waals surface area contributed by atoms with Gasteiger partial charge in [0.25, 0.3) is 5.91 Å². The minimum atomic E-state index is -0.285. The standard InChI is InChI=1S/C16H17FN2OS2/c17-10-1-2-11-9(7-10)8-13(18-11)16(20)19-12-3-4-14-15(12)22-6-5-21-14/h1-2,7-8,12,14-15,18H,3-6H2,(H,19,20)/t12-,14-,15+/m1/s1. The molecule has 1 aliphatic heterocycles. The normalized spacial score (nSPS) is 27.8. The van der Waals surface area contributed by atoms with Gasteiger partial charge in [0.1, 0.15) is 11.5 Å². The largest absolute Gasteiger partial charge is 0.351 e. The molecule has 2 aromatic rings. The Hall–Kier alpha value is -1.14. The fourth-order valence-electron chi connectivity index (χ4n) is 3.34. The van der Waals surface area contributed by atoms with Gasteiger partial charge >= 0.3 is 0 Å². The maximum Gasteiger partial charge on any atom is 0.267 e. The second kappa shape index (κ2) is 5.81. The average Bonchev–Trinajstić information content (AvgIpc) is 3.11. The number of carbonyl (C=O) groups excluding carboxylic acids is 1. The minimum absolute atomic E-state index is 0.0848. The van der Waals surface area contributed by atoms with Crippen molar-refractivity contribution in [3.63, 3.8) is 0 Å². The molecule has 0 unspecified atom stereocenters. The van der Waals surface area contributed by atoms with Crippen LogP contribution >= 0.6 is 23.5 Å². The van der Waals surface area contributed by atoms with E-state index in [0.29, 0.717) is 16.2 Å². The van der Waals surface area contributed by atoms with E-state index in [2.05, 4.69) is 10.3 Å². The zero-order valence-corrected chi connectivity index (χ0v) is 13.6. The van der Waals surface area contributed by atoms with Crippen molar-refractivity contribution in [1.82, 2.24) is 10.3 Å². The Balaban J connectivity index is 1.51. The molecule has 116 valence electrons. The number of hydrogen-bond donors (Lipinski definition) is 2. The molecule has 2 aliphatic rings. The summed E-state index contributed by atoms with van der Waals surface area (Å²) in [6.07, 6.45) is 2.24. The van der Waals surface area contributed by atoms with Gasteiger partial charge in [-0.15, -0.1) is 0 Å². The number of hydrogen-bond acceptors (Lipinski definition) is 3. The Labute approximate surface area is 136 Å². The van der Waals surface area contributed by atoms with Gasteiger partial charge in [0, 0.05) is 39.0 Å². The van der Waals surface area contributed by atoms with Crippen LogP contribution in [0.5, 0.6) is 0 Å². The molecule has 22 heavy (non-hydrogen) atoms. The van der Waals surface area contributed by atoms with Crippen molar-refractivity contribution in [2.24, 2.45) is 0 Å². The number of benzene rings is 1. The fourth-order valence-corrected chi connectivity index (χ4v) is 6.63. The van der Waals surface area contributed by atoms with Crippen LogP contribution in [-0.2, 0) is 0 Å². The van der Waals surface area contributed by atoms with Crippen LogP contribution in [0.4, 0.5) is 4.39 Å². The van der Waals surface area contributed by atoms with Crippen LogP contribution in [0.15, 0.2) is 24.3 Å². The Morgan fingerprint density at radius 3 is 3.00 bits per heavy atom. The van der Waals surface area contributed by atoms with Gasteiger partial charge in [0.2, 0.25) is 0 Å². The van der Waals surface area contributed by atoms with Crippen molar-refractivity contribution in [3.05, 3.63) is 35.8 Å². The Kier molecular flexibility index (Phi) is 3.82. The molecule has 0 radical (unpaired) electrons. The Morgan fingerprint density at radius 2 is 2.09 bits per heavy atom. The summed E-state index contributed by atoms with van der Waals surface area (Å²) >= 11 is 4.03. The van der Waals surface area contributed by atoms with E-state index in [1.807, 2.05) is 23.5 Å². The van der Waals surface area contributed by atoms with Crippen molar-refractivity contribution in [3.8, 4) is 0 Å². The molecule has 1 aromatic heterocycles. The number of fused-ring (bicyclic) bond motifs is 2. The lowest BCUT2D eigenvalue weighted by molar-refractivity contribution is 0.0934. The van der Waals surface area contributed by atoms with E-state index in [9.17, 15) is 9.18 Å². The van der Waals surface area contributed by atoms with Crippen LogP contribution in [-0.4, -0.2) is 38.9 Å².